The molecule has 11 heavy (non-hydrogen) atoms. The third kappa shape index (κ3) is 1.98. The van der Waals surface area contributed by atoms with Gasteiger partial charge in [0.2, 0.25) is 0 Å². The first-order valence-corrected chi connectivity index (χ1v) is 3.74. The summed E-state index contributed by atoms with van der Waals surface area (Å²) in [5.41, 5.74) is 0. The van der Waals surface area contributed by atoms with Crippen LogP contribution in [-0.2, 0) is 13.0 Å². The maximum atomic E-state index is 8.62. The van der Waals surface area contributed by atoms with Gasteiger partial charge in [0.05, 0.1) is 6.61 Å². The van der Waals surface area contributed by atoms with Crippen molar-refractivity contribution >= 4 is 0 Å². The predicted molar refractivity (Wildman–Crippen MR) is 38.9 cm³/mol. The Morgan fingerprint density at radius 1 is 1.55 bits per heavy atom. The zero-order chi connectivity index (χ0) is 8.10. The maximum absolute atomic E-state index is 8.62. The molecule has 0 saturated carbocycles. The van der Waals surface area contributed by atoms with Crippen LogP contribution < -0.4 is 0 Å². The molecule has 0 atom stereocenters. The van der Waals surface area contributed by atoms with Crippen LogP contribution in [0.25, 0.3) is 0 Å². The van der Waals surface area contributed by atoms with Crippen LogP contribution in [0.4, 0.5) is 0 Å². The monoisotopic (exact) mass is 156 g/mol. The third-order valence-electron chi connectivity index (χ3n) is 1.38. The summed E-state index contributed by atoms with van der Waals surface area (Å²) in [5, 5.41) is 19.7. The summed E-state index contributed by atoms with van der Waals surface area (Å²) >= 11 is 0. The second-order valence-electron chi connectivity index (χ2n) is 2.29. The minimum Gasteiger partial charge on any atom is -0.396 e. The average molecular weight is 156 g/mol. The summed E-state index contributed by atoms with van der Waals surface area (Å²) in [5.74, 6) is 0.759. The van der Waals surface area contributed by atoms with Crippen LogP contribution in [0.5, 0.6) is 0 Å². The molecule has 0 unspecified atom stereocenters. The van der Waals surface area contributed by atoms with Crippen molar-refractivity contribution in [1.29, 1.82) is 0 Å². The summed E-state index contributed by atoms with van der Waals surface area (Å²) < 4.78 is 1.72. The largest absolute Gasteiger partial charge is 0.396 e. The smallest absolute Gasteiger partial charge is 0.153 e. The van der Waals surface area contributed by atoms with Gasteiger partial charge in [-0.3, -0.25) is 0 Å². The van der Waals surface area contributed by atoms with Gasteiger partial charge in [-0.1, -0.05) is 6.92 Å². The average Bonchev–Trinajstić information content (AvgIpc) is 2.39. The van der Waals surface area contributed by atoms with Crippen LogP contribution in [-0.4, -0.2) is 31.9 Å². The van der Waals surface area contributed by atoms with E-state index < -0.39 is 0 Å². The van der Waals surface area contributed by atoms with E-state index >= 15 is 0 Å². The topological polar surface area (TPSA) is 63.8 Å². The highest BCUT2D eigenvalue weighted by Gasteiger charge is 2.02. The molecule has 0 saturated heterocycles. The molecule has 1 aromatic heterocycles. The number of aliphatic hydroxyl groups is 1. The van der Waals surface area contributed by atoms with E-state index in [4.69, 9.17) is 5.11 Å². The molecular weight excluding hydrogens is 144 g/mol. The van der Waals surface area contributed by atoms with Gasteiger partial charge in [-0.2, -0.15) is 0 Å². The van der Waals surface area contributed by atoms with Gasteiger partial charge in [-0.25, -0.2) is 4.68 Å². The lowest BCUT2D eigenvalue weighted by Gasteiger charge is -1.98. The fourth-order valence-corrected chi connectivity index (χ4v) is 0.888. The molecular formula is C6H12N4O. The molecule has 5 nitrogen and oxygen atoms in total. The van der Waals surface area contributed by atoms with Crippen molar-refractivity contribution in [1.82, 2.24) is 20.2 Å². The minimum atomic E-state index is 0.101. The van der Waals surface area contributed by atoms with Gasteiger partial charge < -0.3 is 5.11 Å². The van der Waals surface area contributed by atoms with Gasteiger partial charge in [-0.15, -0.1) is 5.10 Å². The van der Waals surface area contributed by atoms with Gasteiger partial charge in [0, 0.05) is 13.0 Å². The Morgan fingerprint density at radius 3 is 3.00 bits per heavy atom. The Bertz CT molecular complexity index is 190. The van der Waals surface area contributed by atoms with Crippen molar-refractivity contribution in [3.63, 3.8) is 0 Å². The standard InChI is InChI=1S/C6H12N4O/c1-2-4-10-6(3-5-11)7-8-9-10/h11H,2-5H2,1H3. The van der Waals surface area contributed by atoms with Gasteiger partial charge in [0.1, 0.15) is 0 Å². The van der Waals surface area contributed by atoms with E-state index in [-0.39, 0.29) is 6.61 Å². The Balaban J connectivity index is 2.62. The second kappa shape index (κ2) is 4.02. The van der Waals surface area contributed by atoms with E-state index in [1.165, 1.54) is 0 Å². The molecule has 0 fully saturated rings. The van der Waals surface area contributed by atoms with Crippen molar-refractivity contribution in [2.75, 3.05) is 6.61 Å². The zero-order valence-electron chi connectivity index (χ0n) is 6.56. The van der Waals surface area contributed by atoms with Crippen LogP contribution in [0.2, 0.25) is 0 Å². The van der Waals surface area contributed by atoms with E-state index in [1.54, 1.807) is 4.68 Å². The van der Waals surface area contributed by atoms with Crippen molar-refractivity contribution in [2.24, 2.45) is 0 Å². The van der Waals surface area contributed by atoms with Crippen LogP contribution >= 0.6 is 0 Å². The Hall–Kier alpha value is -0.970. The quantitative estimate of drug-likeness (QED) is 0.645. The molecule has 0 aliphatic rings. The highest BCUT2D eigenvalue weighted by molar-refractivity contribution is 4.79. The number of aromatic nitrogens is 4. The fraction of sp³-hybridized carbons (Fsp3) is 0.833. The number of hydrogen-bond acceptors (Lipinski definition) is 4. The third-order valence-corrected chi connectivity index (χ3v) is 1.38. The van der Waals surface area contributed by atoms with E-state index in [0.717, 1.165) is 18.8 Å². The lowest BCUT2D eigenvalue weighted by molar-refractivity contribution is 0.293. The second-order valence-corrected chi connectivity index (χ2v) is 2.29. The van der Waals surface area contributed by atoms with Crippen LogP contribution in [0.15, 0.2) is 0 Å². The first kappa shape index (κ1) is 8.13. The molecule has 1 aromatic rings. The number of aliphatic hydroxyl groups excluding tert-OH is 1. The van der Waals surface area contributed by atoms with Crippen LogP contribution in [0, 0.1) is 0 Å². The fourth-order valence-electron chi connectivity index (χ4n) is 0.888. The Kier molecular flexibility index (Phi) is 2.97. The van der Waals surface area contributed by atoms with E-state index in [2.05, 4.69) is 22.4 Å². The summed E-state index contributed by atoms with van der Waals surface area (Å²) in [6, 6.07) is 0. The SMILES string of the molecule is CCCn1nnnc1CCO. The number of rotatable bonds is 4. The van der Waals surface area contributed by atoms with Gasteiger partial charge in [0.25, 0.3) is 0 Å². The van der Waals surface area contributed by atoms with E-state index in [0.29, 0.717) is 6.42 Å². The molecule has 0 aliphatic carbocycles. The highest BCUT2D eigenvalue weighted by Crippen LogP contribution is 1.94. The van der Waals surface area contributed by atoms with Crippen LogP contribution in [0.1, 0.15) is 19.2 Å². The van der Waals surface area contributed by atoms with Crippen molar-refractivity contribution in [3.05, 3.63) is 5.82 Å². The van der Waals surface area contributed by atoms with Gasteiger partial charge in [-0.05, 0) is 16.8 Å². The van der Waals surface area contributed by atoms with Crippen molar-refractivity contribution < 1.29 is 5.11 Å². The number of nitrogens with zero attached hydrogens (tertiary/aromatic N) is 4. The summed E-state index contributed by atoms with van der Waals surface area (Å²) in [4.78, 5) is 0. The normalized spacial score (nSPS) is 10.4. The molecule has 0 radical (unpaired) electrons. The minimum absolute atomic E-state index is 0.101. The van der Waals surface area contributed by atoms with Crippen molar-refractivity contribution in [2.45, 2.75) is 26.3 Å². The van der Waals surface area contributed by atoms with Crippen LogP contribution in [0.3, 0.4) is 0 Å². The summed E-state index contributed by atoms with van der Waals surface area (Å²) in [6.07, 6.45) is 1.54. The molecule has 1 heterocycles. The van der Waals surface area contributed by atoms with E-state index in [1.807, 2.05) is 0 Å². The molecule has 0 aliphatic heterocycles. The highest BCUT2D eigenvalue weighted by atomic mass is 16.3. The first-order chi connectivity index (χ1) is 5.38. The molecule has 62 valence electrons. The zero-order valence-corrected chi connectivity index (χ0v) is 6.56. The number of tetrazole rings is 1. The molecule has 0 aromatic carbocycles. The summed E-state index contributed by atoms with van der Waals surface area (Å²) in [7, 11) is 0. The molecule has 5 heteroatoms. The molecule has 1 N–H and O–H groups in total. The number of hydrogen-bond donors (Lipinski definition) is 1. The molecule has 0 spiro atoms. The van der Waals surface area contributed by atoms with Gasteiger partial charge in [0.15, 0.2) is 5.82 Å². The van der Waals surface area contributed by atoms with Gasteiger partial charge >= 0.3 is 0 Å². The lowest BCUT2D eigenvalue weighted by Crippen LogP contribution is -2.06. The molecule has 0 bridgehead atoms. The Labute approximate surface area is 65.0 Å². The number of aryl methyl sites for hydroxylation is 1. The molecule has 0 amide bonds. The summed E-state index contributed by atoms with van der Waals surface area (Å²) in [6.45, 7) is 2.98. The first-order valence-electron chi connectivity index (χ1n) is 3.74. The maximum Gasteiger partial charge on any atom is 0.153 e. The van der Waals surface area contributed by atoms with E-state index in [9.17, 15) is 0 Å². The molecule has 1 rings (SSSR count). The lowest BCUT2D eigenvalue weighted by atomic mass is 10.4. The Morgan fingerprint density at radius 2 is 2.36 bits per heavy atom. The van der Waals surface area contributed by atoms with Crippen molar-refractivity contribution in [3.8, 4) is 0 Å². The predicted octanol–water partition coefficient (Wildman–Crippen LogP) is -0.382.